The molecule has 0 saturated heterocycles. The molecule has 1 aromatic carbocycles. The highest BCUT2D eigenvalue weighted by atomic mass is 16.5. The molecule has 3 heterocycles. The first-order chi connectivity index (χ1) is 10.7. The van der Waals surface area contributed by atoms with E-state index in [2.05, 4.69) is 0 Å². The molecule has 3 aromatic rings. The molecule has 2 unspecified atom stereocenters. The number of phenolic OH excluding ortho intramolecular Hbond substituents is 1. The summed E-state index contributed by atoms with van der Waals surface area (Å²) < 4.78 is 15.9. The van der Waals surface area contributed by atoms with E-state index in [1.807, 2.05) is 0 Å². The fourth-order valence-electron chi connectivity index (χ4n) is 3.31. The molecule has 0 radical (unpaired) electrons. The fraction of sp³-hybridized carbons (Fsp3) is 0.125. The van der Waals surface area contributed by atoms with Crippen LogP contribution in [0.3, 0.4) is 0 Å². The second-order valence-corrected chi connectivity index (χ2v) is 5.41. The number of furan rings is 2. The molecule has 2 aromatic heterocycles. The number of phenols is 1. The van der Waals surface area contributed by atoms with Gasteiger partial charge in [0.05, 0.1) is 34.3 Å². The summed E-state index contributed by atoms with van der Waals surface area (Å²) in [6, 6.07) is 3.20. The van der Waals surface area contributed by atoms with Gasteiger partial charge in [0.2, 0.25) is 5.78 Å². The summed E-state index contributed by atoms with van der Waals surface area (Å²) in [5, 5.41) is 11.0. The molecule has 0 fully saturated rings. The highest BCUT2D eigenvalue weighted by molar-refractivity contribution is 6.20. The average molecular weight is 296 g/mol. The Morgan fingerprint density at radius 2 is 1.86 bits per heavy atom. The van der Waals surface area contributed by atoms with Gasteiger partial charge in [-0.3, -0.25) is 9.59 Å². The van der Waals surface area contributed by atoms with Crippen LogP contribution >= 0.6 is 0 Å². The van der Waals surface area contributed by atoms with Gasteiger partial charge in [-0.15, -0.1) is 0 Å². The minimum Gasteiger partial charge on any atom is -0.507 e. The maximum atomic E-state index is 12.7. The molecule has 2 atom stereocenters. The van der Waals surface area contributed by atoms with Crippen LogP contribution in [-0.2, 0) is 0 Å². The maximum Gasteiger partial charge on any atom is 0.208 e. The lowest BCUT2D eigenvalue weighted by molar-refractivity contribution is 0.0702. The summed E-state index contributed by atoms with van der Waals surface area (Å²) >= 11 is 0. The predicted octanol–water partition coefficient (Wildman–Crippen LogP) is 2.66. The highest BCUT2D eigenvalue weighted by Crippen LogP contribution is 2.51. The average Bonchev–Trinajstić information content (AvgIpc) is 3.22. The van der Waals surface area contributed by atoms with Gasteiger partial charge in [0, 0.05) is 6.07 Å². The molecule has 0 bridgehead atoms. The first kappa shape index (κ1) is 11.6. The first-order valence-electron chi connectivity index (χ1n) is 6.71. The summed E-state index contributed by atoms with van der Waals surface area (Å²) in [7, 11) is 0. The van der Waals surface area contributed by atoms with E-state index < -0.39 is 12.0 Å². The maximum absolute atomic E-state index is 12.7. The highest BCUT2D eigenvalue weighted by Gasteiger charge is 2.51. The summed E-state index contributed by atoms with van der Waals surface area (Å²) in [5.74, 6) is -1.24. The smallest absolute Gasteiger partial charge is 0.208 e. The lowest BCUT2D eigenvalue weighted by Gasteiger charge is -2.21. The van der Waals surface area contributed by atoms with E-state index in [0.717, 1.165) is 0 Å². The molecule has 0 spiro atoms. The number of ether oxygens (including phenoxy) is 1. The van der Waals surface area contributed by atoms with Crippen LogP contribution in [0.15, 0.2) is 39.8 Å². The third-order valence-corrected chi connectivity index (χ3v) is 4.33. The number of aromatic hydroxyl groups is 1. The zero-order valence-corrected chi connectivity index (χ0v) is 11.0. The number of carbonyl (C=O) groups is 2. The van der Waals surface area contributed by atoms with Crippen LogP contribution < -0.4 is 4.74 Å². The standard InChI is InChI=1S/C16H8O6/c17-13-6-1-2-21-9(6)3-10-11(13)12-14(18)7-4-20-5-8(7)15(19)16(12)22-10/h1-5,12,16-17H. The van der Waals surface area contributed by atoms with Gasteiger partial charge in [-0.25, -0.2) is 0 Å². The van der Waals surface area contributed by atoms with E-state index in [1.54, 1.807) is 12.1 Å². The van der Waals surface area contributed by atoms with Gasteiger partial charge in [-0.2, -0.15) is 0 Å². The lowest BCUT2D eigenvalue weighted by atomic mass is 9.79. The Bertz CT molecular complexity index is 976. The molecule has 108 valence electrons. The molecule has 6 heteroatoms. The van der Waals surface area contributed by atoms with Crippen molar-refractivity contribution in [1.82, 2.24) is 0 Å². The quantitative estimate of drug-likeness (QED) is 0.686. The number of hydrogen-bond acceptors (Lipinski definition) is 6. The molecule has 5 rings (SSSR count). The molecule has 1 aliphatic carbocycles. The summed E-state index contributed by atoms with van der Waals surface area (Å²) in [6.07, 6.45) is 2.99. The molecular formula is C16H8O6. The number of carbonyl (C=O) groups excluding carboxylic acids is 2. The van der Waals surface area contributed by atoms with Crippen molar-refractivity contribution in [3.05, 3.63) is 47.6 Å². The van der Waals surface area contributed by atoms with Gasteiger partial charge in [0.1, 0.15) is 29.6 Å². The fourth-order valence-corrected chi connectivity index (χ4v) is 3.31. The minimum atomic E-state index is -0.968. The predicted molar refractivity (Wildman–Crippen MR) is 72.4 cm³/mol. The Hall–Kier alpha value is -3.02. The summed E-state index contributed by atoms with van der Waals surface area (Å²) in [4.78, 5) is 25.1. The number of ketones is 2. The van der Waals surface area contributed by atoms with Crippen LogP contribution in [-0.4, -0.2) is 22.8 Å². The molecule has 0 saturated carbocycles. The summed E-state index contributed by atoms with van der Waals surface area (Å²) in [5.41, 5.74) is 1.23. The van der Waals surface area contributed by atoms with E-state index in [1.165, 1.54) is 18.8 Å². The number of rotatable bonds is 0. The molecule has 1 aliphatic heterocycles. The van der Waals surface area contributed by atoms with Crippen LogP contribution in [0.25, 0.3) is 11.0 Å². The molecule has 0 amide bonds. The van der Waals surface area contributed by atoms with Crippen molar-refractivity contribution >= 4 is 22.5 Å². The Balaban J connectivity index is 1.80. The largest absolute Gasteiger partial charge is 0.507 e. The molecule has 6 nitrogen and oxygen atoms in total. The van der Waals surface area contributed by atoms with Crippen molar-refractivity contribution < 1.29 is 28.3 Å². The third-order valence-electron chi connectivity index (χ3n) is 4.33. The van der Waals surface area contributed by atoms with Crippen molar-refractivity contribution in [2.24, 2.45) is 0 Å². The van der Waals surface area contributed by atoms with Crippen LogP contribution in [0.5, 0.6) is 11.5 Å². The van der Waals surface area contributed by atoms with E-state index in [4.69, 9.17) is 13.6 Å². The Morgan fingerprint density at radius 3 is 2.68 bits per heavy atom. The van der Waals surface area contributed by atoms with Crippen molar-refractivity contribution in [2.75, 3.05) is 0 Å². The van der Waals surface area contributed by atoms with Crippen molar-refractivity contribution in [3.8, 4) is 11.5 Å². The Labute approximate surface area is 122 Å². The Morgan fingerprint density at radius 1 is 1.09 bits per heavy atom. The zero-order chi connectivity index (χ0) is 15.0. The van der Waals surface area contributed by atoms with Crippen LogP contribution in [0, 0.1) is 0 Å². The van der Waals surface area contributed by atoms with Crippen LogP contribution in [0.1, 0.15) is 32.2 Å². The van der Waals surface area contributed by atoms with Gasteiger partial charge < -0.3 is 18.7 Å². The SMILES string of the molecule is O=C1c2cocc2C(=O)C2c3c(cc4occc4c3O)OC12. The first-order valence-corrected chi connectivity index (χ1v) is 6.71. The van der Waals surface area contributed by atoms with Gasteiger partial charge >= 0.3 is 0 Å². The van der Waals surface area contributed by atoms with E-state index in [0.29, 0.717) is 22.3 Å². The van der Waals surface area contributed by atoms with Crippen LogP contribution in [0.2, 0.25) is 0 Å². The van der Waals surface area contributed by atoms with Crippen molar-refractivity contribution in [3.63, 3.8) is 0 Å². The lowest BCUT2D eigenvalue weighted by Crippen LogP contribution is -2.38. The Kier molecular flexibility index (Phi) is 1.90. The van der Waals surface area contributed by atoms with Gasteiger partial charge in [-0.1, -0.05) is 0 Å². The van der Waals surface area contributed by atoms with Crippen LogP contribution in [0.4, 0.5) is 0 Å². The van der Waals surface area contributed by atoms with Gasteiger partial charge in [0.15, 0.2) is 11.9 Å². The van der Waals surface area contributed by atoms with Crippen molar-refractivity contribution in [2.45, 2.75) is 12.0 Å². The van der Waals surface area contributed by atoms with E-state index in [9.17, 15) is 14.7 Å². The van der Waals surface area contributed by atoms with Gasteiger partial charge in [-0.05, 0) is 6.07 Å². The zero-order valence-electron chi connectivity index (χ0n) is 11.0. The summed E-state index contributed by atoms with van der Waals surface area (Å²) in [6.45, 7) is 0. The number of benzene rings is 1. The van der Waals surface area contributed by atoms with E-state index >= 15 is 0 Å². The van der Waals surface area contributed by atoms with E-state index in [-0.39, 0.29) is 28.4 Å². The third kappa shape index (κ3) is 1.17. The molecular weight excluding hydrogens is 288 g/mol. The normalized spacial score (nSPS) is 22.4. The second kappa shape index (κ2) is 3.59. The monoisotopic (exact) mass is 296 g/mol. The minimum absolute atomic E-state index is 0.0816. The number of hydrogen-bond donors (Lipinski definition) is 1. The van der Waals surface area contributed by atoms with Gasteiger partial charge in [0.25, 0.3) is 0 Å². The topological polar surface area (TPSA) is 89.9 Å². The van der Waals surface area contributed by atoms with Crippen molar-refractivity contribution in [1.29, 1.82) is 0 Å². The number of fused-ring (bicyclic) bond motifs is 5. The number of Topliss-reactive ketones (excluding diaryl/α,β-unsaturated/α-hetero) is 2. The molecule has 22 heavy (non-hydrogen) atoms. The molecule has 2 aliphatic rings. The second-order valence-electron chi connectivity index (χ2n) is 5.41. The molecule has 1 N–H and O–H groups in total.